The Morgan fingerprint density at radius 2 is 1.55 bits per heavy atom. The largest absolute Gasteiger partial charge is 0.493 e. The summed E-state index contributed by atoms with van der Waals surface area (Å²) in [5, 5.41) is 10.5. The number of carbonyl (C=O) groups excluding carboxylic acids is 1. The molecule has 0 aliphatic rings. The van der Waals surface area contributed by atoms with Crippen LogP contribution in [0.25, 0.3) is 0 Å². The monoisotopic (exact) mass is 446 g/mol. The molecule has 1 rings (SSSR count). The zero-order valence-corrected chi connectivity index (χ0v) is 20.6. The molecule has 170 valence electrons. The second-order valence-electron chi connectivity index (χ2n) is 8.37. The van der Waals surface area contributed by atoms with Crippen LogP contribution in [0.1, 0.15) is 82.0 Å². The Bertz CT molecular complexity index is 653. The van der Waals surface area contributed by atoms with E-state index in [2.05, 4.69) is 26.4 Å². The average Bonchev–Trinajstić information content (AvgIpc) is 2.90. The summed E-state index contributed by atoms with van der Waals surface area (Å²) in [6, 6.07) is 0. The molecule has 0 atom stereocenters. The number of thioether (sulfide) groups is 1. The van der Waals surface area contributed by atoms with Crippen molar-refractivity contribution in [2.24, 2.45) is 0 Å². The van der Waals surface area contributed by atoms with E-state index >= 15 is 0 Å². The number of rotatable bonds is 17. The number of aromatic nitrogens is 2. The summed E-state index contributed by atoms with van der Waals surface area (Å²) in [6.07, 6.45) is 15.8. The van der Waals surface area contributed by atoms with Crippen molar-refractivity contribution in [3.63, 3.8) is 0 Å². The predicted molar refractivity (Wildman–Crippen MR) is 130 cm³/mol. The first-order chi connectivity index (χ1) is 13.9. The van der Waals surface area contributed by atoms with Crippen molar-refractivity contribution in [2.75, 3.05) is 29.8 Å². The highest BCUT2D eigenvalue weighted by Gasteiger charge is 2.22. The van der Waals surface area contributed by atoms with Crippen LogP contribution in [0.3, 0.4) is 0 Å². The number of nitrogens with zero attached hydrogens (tertiary/aromatic N) is 2. The Hall–Kier alpha value is -0.820. The topological polar surface area (TPSA) is 64.2 Å². The molecule has 0 aliphatic carbocycles. The van der Waals surface area contributed by atoms with Crippen molar-refractivity contribution < 1.29 is 9.90 Å². The number of hydrogen-bond acceptors (Lipinski definition) is 4. The third kappa shape index (κ3) is 9.24. The van der Waals surface area contributed by atoms with Gasteiger partial charge >= 0.3 is 0 Å². The van der Waals surface area contributed by atoms with Gasteiger partial charge in [-0.05, 0) is 49.0 Å². The fourth-order valence-corrected chi connectivity index (χ4v) is 6.40. The molecule has 1 N–H and O–H groups in total. The van der Waals surface area contributed by atoms with Crippen LogP contribution in [0.5, 0.6) is 5.88 Å². The molecule has 0 aromatic carbocycles. The average molecular weight is 447 g/mol. The van der Waals surface area contributed by atoms with E-state index in [1.54, 1.807) is 9.36 Å². The van der Waals surface area contributed by atoms with Gasteiger partial charge in [-0.1, -0.05) is 52.4 Å². The van der Waals surface area contributed by atoms with Crippen molar-refractivity contribution in [1.82, 2.24) is 9.36 Å². The summed E-state index contributed by atoms with van der Waals surface area (Å²) in [7, 11) is -0.998. The number of unbranched alkanes of at least 4 members (excludes halogenated alkanes) is 6. The molecular formula is C22H42N2O3S2. The van der Waals surface area contributed by atoms with E-state index in [0.717, 1.165) is 23.7 Å². The summed E-state index contributed by atoms with van der Waals surface area (Å²) >= 11 is 1.93. The third-order valence-corrected chi connectivity index (χ3v) is 8.67. The summed E-state index contributed by atoms with van der Waals surface area (Å²) in [5.41, 5.74) is -0.454. The maximum absolute atomic E-state index is 12.6. The molecule has 1 aromatic heterocycles. The van der Waals surface area contributed by atoms with Crippen molar-refractivity contribution in [3.8, 4) is 5.88 Å². The zero-order chi connectivity index (χ0) is 21.7. The number of carbonyl (C=O) groups is 1. The van der Waals surface area contributed by atoms with Crippen molar-refractivity contribution in [2.45, 2.75) is 84.1 Å². The van der Waals surface area contributed by atoms with Gasteiger partial charge in [0.1, 0.15) is 5.56 Å². The molecule has 0 aliphatic heterocycles. The van der Waals surface area contributed by atoms with Gasteiger partial charge in [-0.15, -0.1) is 0 Å². The molecule has 5 nitrogen and oxygen atoms in total. The molecule has 0 fully saturated rings. The Morgan fingerprint density at radius 1 is 0.931 bits per heavy atom. The van der Waals surface area contributed by atoms with Crippen LogP contribution in [-0.2, 0) is 12.4 Å². The minimum Gasteiger partial charge on any atom is -0.493 e. The molecule has 1 aromatic rings. The van der Waals surface area contributed by atoms with Crippen molar-refractivity contribution in [1.29, 1.82) is 0 Å². The molecule has 0 unspecified atom stereocenters. The quantitative estimate of drug-likeness (QED) is 0.254. The van der Waals surface area contributed by atoms with Gasteiger partial charge in [0.2, 0.25) is 5.88 Å². The summed E-state index contributed by atoms with van der Waals surface area (Å²) < 4.78 is 3.27. The number of aldehydes is 1. The maximum Gasteiger partial charge on any atom is 0.281 e. The highest BCUT2D eigenvalue weighted by Crippen LogP contribution is 2.43. The fourth-order valence-electron chi connectivity index (χ4n) is 3.42. The molecule has 0 radical (unpaired) electrons. The van der Waals surface area contributed by atoms with Crippen LogP contribution in [0.2, 0.25) is 0 Å². The lowest BCUT2D eigenvalue weighted by atomic mass is 10.2. The molecule has 0 saturated carbocycles. The van der Waals surface area contributed by atoms with Gasteiger partial charge in [0, 0.05) is 6.54 Å². The normalized spacial score (nSPS) is 12.4. The van der Waals surface area contributed by atoms with Gasteiger partial charge < -0.3 is 5.11 Å². The van der Waals surface area contributed by atoms with Gasteiger partial charge in [0.15, 0.2) is 6.29 Å². The van der Waals surface area contributed by atoms with Crippen LogP contribution >= 0.6 is 21.8 Å². The standard InChI is InChI=1S/C22H42N2O3S2/c1-5-7-9-11-15-28-16-13-14-23-21(26)20(18-25)22(27)24(23)19-29(3,4)17-12-10-8-6-2/h18,27H,5-17,19H2,1-4H3. The summed E-state index contributed by atoms with van der Waals surface area (Å²) in [6.45, 7) is 4.98. The van der Waals surface area contributed by atoms with Crippen LogP contribution < -0.4 is 5.56 Å². The lowest BCUT2D eigenvalue weighted by Crippen LogP contribution is -2.26. The predicted octanol–water partition coefficient (Wildman–Crippen LogP) is 5.47. The van der Waals surface area contributed by atoms with Crippen LogP contribution in [-0.4, -0.2) is 50.5 Å². The molecule has 0 saturated heterocycles. The molecule has 0 spiro atoms. The Kier molecular flexibility index (Phi) is 12.9. The first-order valence-corrected chi connectivity index (χ1v) is 15.1. The first kappa shape index (κ1) is 26.2. The molecule has 29 heavy (non-hydrogen) atoms. The summed E-state index contributed by atoms with van der Waals surface area (Å²) in [5.74, 6) is 3.73. The molecular weight excluding hydrogens is 404 g/mol. The highest BCUT2D eigenvalue weighted by molar-refractivity contribution is 8.31. The minimum absolute atomic E-state index is 0.0987. The van der Waals surface area contributed by atoms with E-state index in [1.165, 1.54) is 51.4 Å². The van der Waals surface area contributed by atoms with Crippen molar-refractivity contribution in [3.05, 3.63) is 15.9 Å². The van der Waals surface area contributed by atoms with E-state index in [0.29, 0.717) is 18.7 Å². The lowest BCUT2D eigenvalue weighted by Gasteiger charge is -2.32. The van der Waals surface area contributed by atoms with E-state index in [-0.39, 0.29) is 17.0 Å². The molecule has 0 amide bonds. The molecule has 0 bridgehead atoms. The zero-order valence-electron chi connectivity index (χ0n) is 19.0. The Labute approximate surface area is 182 Å². The maximum atomic E-state index is 12.6. The van der Waals surface area contributed by atoms with Gasteiger partial charge in [-0.25, -0.2) is 19.4 Å². The van der Waals surface area contributed by atoms with E-state index in [4.69, 9.17) is 0 Å². The van der Waals surface area contributed by atoms with Crippen LogP contribution in [0.4, 0.5) is 0 Å². The van der Waals surface area contributed by atoms with E-state index in [1.807, 2.05) is 11.8 Å². The SMILES string of the molecule is CCCCCCSCCCn1c(=O)c(C=O)c(O)n1CS(C)(C)CCCCCC. The highest BCUT2D eigenvalue weighted by atomic mass is 32.3. The van der Waals surface area contributed by atoms with Gasteiger partial charge in [-0.2, -0.15) is 11.8 Å². The van der Waals surface area contributed by atoms with Crippen molar-refractivity contribution >= 4 is 28.1 Å². The smallest absolute Gasteiger partial charge is 0.281 e. The molecule has 1 heterocycles. The summed E-state index contributed by atoms with van der Waals surface area (Å²) in [4.78, 5) is 24.0. The van der Waals surface area contributed by atoms with Gasteiger partial charge in [0.25, 0.3) is 5.56 Å². The van der Waals surface area contributed by atoms with Crippen LogP contribution in [0, 0.1) is 0 Å². The first-order valence-electron chi connectivity index (χ1n) is 11.1. The minimum atomic E-state index is -0.998. The van der Waals surface area contributed by atoms with Gasteiger partial charge in [0.05, 0.1) is 5.88 Å². The number of hydrogen-bond donors (Lipinski definition) is 1. The van der Waals surface area contributed by atoms with Crippen LogP contribution in [0.15, 0.2) is 4.79 Å². The Morgan fingerprint density at radius 3 is 2.17 bits per heavy atom. The second kappa shape index (κ2) is 14.2. The van der Waals surface area contributed by atoms with E-state index in [9.17, 15) is 14.7 Å². The number of aromatic hydroxyl groups is 1. The Balaban J connectivity index is 2.69. The van der Waals surface area contributed by atoms with E-state index < -0.39 is 10.0 Å². The lowest BCUT2D eigenvalue weighted by molar-refractivity contribution is 0.111. The van der Waals surface area contributed by atoms with Gasteiger partial charge in [-0.3, -0.25) is 9.59 Å². The third-order valence-electron chi connectivity index (χ3n) is 5.18. The second-order valence-corrected chi connectivity index (χ2v) is 13.8. The fraction of sp³-hybridized carbons (Fsp3) is 0.818. The molecule has 7 heteroatoms.